The molecule has 2 N–H and O–H groups in total. The fraction of sp³-hybridized carbons (Fsp3) is 0.533. The minimum atomic E-state index is -0.953. The summed E-state index contributed by atoms with van der Waals surface area (Å²) in [5.74, 6) is 0.820. The maximum absolute atomic E-state index is 10.7. The molecule has 1 unspecified atom stereocenters. The van der Waals surface area contributed by atoms with Gasteiger partial charge in [0, 0.05) is 18.5 Å². The first kappa shape index (κ1) is 15.1. The number of hydrogen-bond donors (Lipinski definition) is 2. The van der Waals surface area contributed by atoms with Crippen LogP contribution < -0.4 is 10.1 Å². The predicted octanol–water partition coefficient (Wildman–Crippen LogP) is 2.26. The molecule has 1 aromatic carbocycles. The van der Waals surface area contributed by atoms with Gasteiger partial charge in [-0.2, -0.15) is 0 Å². The lowest BCUT2D eigenvalue weighted by atomic mass is 9.90. The molecule has 2 rings (SSSR count). The van der Waals surface area contributed by atoms with Crippen molar-refractivity contribution < 1.29 is 9.84 Å². The van der Waals surface area contributed by atoms with Crippen LogP contribution in [0.4, 0.5) is 0 Å². The van der Waals surface area contributed by atoms with Gasteiger partial charge in [0.15, 0.2) is 5.11 Å². The summed E-state index contributed by atoms with van der Waals surface area (Å²) >= 11 is 5.40. The molecule has 110 valence electrons. The number of rotatable bonds is 3. The molecule has 0 radical (unpaired) electrons. The fourth-order valence-corrected chi connectivity index (χ4v) is 3.25. The van der Waals surface area contributed by atoms with Crippen molar-refractivity contribution in [2.75, 3.05) is 7.11 Å². The van der Waals surface area contributed by atoms with Crippen molar-refractivity contribution in [2.24, 2.45) is 0 Å². The minimum Gasteiger partial charge on any atom is -0.497 e. The molecule has 0 aromatic heterocycles. The Balaban J connectivity index is 2.16. The Hall–Kier alpha value is -1.33. The van der Waals surface area contributed by atoms with E-state index in [1.165, 1.54) is 0 Å². The van der Waals surface area contributed by atoms with E-state index >= 15 is 0 Å². The van der Waals surface area contributed by atoms with Crippen LogP contribution in [0.15, 0.2) is 24.3 Å². The summed E-state index contributed by atoms with van der Waals surface area (Å²) in [4.78, 5) is 1.83. The van der Waals surface area contributed by atoms with Crippen molar-refractivity contribution in [1.82, 2.24) is 10.2 Å². The van der Waals surface area contributed by atoms with E-state index in [9.17, 15) is 5.11 Å². The van der Waals surface area contributed by atoms with Crippen LogP contribution in [0.25, 0.3) is 0 Å². The topological polar surface area (TPSA) is 44.7 Å². The minimum absolute atomic E-state index is 0.197. The van der Waals surface area contributed by atoms with Gasteiger partial charge >= 0.3 is 0 Å². The normalized spacial score (nSPS) is 25.2. The zero-order valence-corrected chi connectivity index (χ0v) is 13.3. The summed E-state index contributed by atoms with van der Waals surface area (Å²) in [6.45, 7) is 6.46. The molecule has 1 saturated heterocycles. The van der Waals surface area contributed by atoms with Crippen LogP contribution in [0.5, 0.6) is 5.75 Å². The van der Waals surface area contributed by atoms with E-state index in [-0.39, 0.29) is 5.54 Å². The summed E-state index contributed by atoms with van der Waals surface area (Å²) in [5.41, 5.74) is -0.0714. The Morgan fingerprint density at radius 2 is 1.90 bits per heavy atom. The maximum Gasteiger partial charge on any atom is 0.171 e. The Morgan fingerprint density at radius 1 is 1.30 bits per heavy atom. The van der Waals surface area contributed by atoms with Crippen LogP contribution in [0.1, 0.15) is 32.8 Å². The smallest absolute Gasteiger partial charge is 0.171 e. The van der Waals surface area contributed by atoms with Gasteiger partial charge in [-0.3, -0.25) is 0 Å². The largest absolute Gasteiger partial charge is 0.497 e. The number of benzene rings is 1. The molecule has 0 saturated carbocycles. The molecule has 20 heavy (non-hydrogen) atoms. The van der Waals surface area contributed by atoms with Crippen LogP contribution in [-0.2, 0) is 6.54 Å². The number of methoxy groups -OCH3 is 1. The SMILES string of the molecule is COc1ccc(CN2C(=S)NC(C)(C)CC2(C)O)cc1. The first-order chi connectivity index (χ1) is 9.23. The molecule has 0 amide bonds. The van der Waals surface area contributed by atoms with Gasteiger partial charge in [0.1, 0.15) is 11.5 Å². The standard InChI is InChI=1S/C15H22N2O2S/c1-14(2)10-15(3,18)17(13(20)16-14)9-11-5-7-12(19-4)8-6-11/h5-8,18H,9-10H2,1-4H3,(H,16,20). The monoisotopic (exact) mass is 294 g/mol. The van der Waals surface area contributed by atoms with Crippen molar-refractivity contribution >= 4 is 17.3 Å². The second-order valence-electron chi connectivity index (χ2n) is 6.14. The highest BCUT2D eigenvalue weighted by molar-refractivity contribution is 7.80. The van der Waals surface area contributed by atoms with Gasteiger partial charge in [0.25, 0.3) is 0 Å². The highest BCUT2D eigenvalue weighted by Gasteiger charge is 2.42. The van der Waals surface area contributed by atoms with E-state index in [0.717, 1.165) is 11.3 Å². The highest BCUT2D eigenvalue weighted by Crippen LogP contribution is 2.30. The van der Waals surface area contributed by atoms with Crippen molar-refractivity contribution in [2.45, 2.75) is 45.0 Å². The van der Waals surface area contributed by atoms with Gasteiger partial charge in [-0.05, 0) is 50.7 Å². The maximum atomic E-state index is 10.7. The van der Waals surface area contributed by atoms with E-state index in [1.54, 1.807) is 7.11 Å². The molecule has 0 spiro atoms. The summed E-state index contributed by atoms with van der Waals surface area (Å²) < 4.78 is 5.15. The number of nitrogens with one attached hydrogen (secondary N) is 1. The third-order valence-corrected chi connectivity index (χ3v) is 3.87. The Bertz CT molecular complexity index is 497. The molecule has 5 heteroatoms. The van der Waals surface area contributed by atoms with E-state index in [1.807, 2.05) is 49.9 Å². The van der Waals surface area contributed by atoms with Crippen molar-refractivity contribution in [3.05, 3.63) is 29.8 Å². The molecule has 0 bridgehead atoms. The van der Waals surface area contributed by atoms with E-state index < -0.39 is 5.72 Å². The second-order valence-corrected chi connectivity index (χ2v) is 6.53. The average molecular weight is 294 g/mol. The average Bonchev–Trinajstić information content (AvgIpc) is 2.32. The molecule has 1 heterocycles. The number of thiocarbonyl (C=S) groups is 1. The molecule has 1 fully saturated rings. The van der Waals surface area contributed by atoms with Crippen molar-refractivity contribution in [1.29, 1.82) is 0 Å². The lowest BCUT2D eigenvalue weighted by Gasteiger charge is -2.49. The molecule has 1 aliphatic rings. The van der Waals surface area contributed by atoms with Crippen molar-refractivity contribution in [3.8, 4) is 5.75 Å². The summed E-state index contributed by atoms with van der Waals surface area (Å²) in [6, 6.07) is 7.79. The summed E-state index contributed by atoms with van der Waals surface area (Å²) in [7, 11) is 1.64. The first-order valence-electron chi connectivity index (χ1n) is 6.69. The van der Waals surface area contributed by atoms with Gasteiger partial charge in [-0.25, -0.2) is 0 Å². The van der Waals surface area contributed by atoms with Gasteiger partial charge in [0.05, 0.1) is 7.11 Å². The second kappa shape index (κ2) is 5.22. The molecular weight excluding hydrogens is 272 g/mol. The van der Waals surface area contributed by atoms with Crippen molar-refractivity contribution in [3.63, 3.8) is 0 Å². The van der Waals surface area contributed by atoms with Crippen LogP contribution >= 0.6 is 12.2 Å². The van der Waals surface area contributed by atoms with E-state index in [0.29, 0.717) is 18.1 Å². The Morgan fingerprint density at radius 3 is 2.40 bits per heavy atom. The highest BCUT2D eigenvalue weighted by atomic mass is 32.1. The lowest BCUT2D eigenvalue weighted by molar-refractivity contribution is -0.0921. The number of ether oxygens (including phenoxy) is 1. The van der Waals surface area contributed by atoms with Crippen LogP contribution in [-0.4, -0.2) is 33.5 Å². The quantitative estimate of drug-likeness (QED) is 0.837. The van der Waals surface area contributed by atoms with E-state index in [2.05, 4.69) is 5.32 Å². The van der Waals surface area contributed by atoms with Crippen LogP contribution in [0.2, 0.25) is 0 Å². The third-order valence-electron chi connectivity index (χ3n) is 3.55. The van der Waals surface area contributed by atoms with Gasteiger partial charge in [0.2, 0.25) is 0 Å². The van der Waals surface area contributed by atoms with Gasteiger partial charge < -0.3 is 20.1 Å². The summed E-state index contributed by atoms with van der Waals surface area (Å²) in [6.07, 6.45) is 0.607. The zero-order chi connectivity index (χ0) is 15.0. The predicted molar refractivity (Wildman–Crippen MR) is 83.6 cm³/mol. The zero-order valence-electron chi connectivity index (χ0n) is 12.4. The number of hydrogen-bond acceptors (Lipinski definition) is 3. The number of aliphatic hydroxyl groups is 1. The lowest BCUT2D eigenvalue weighted by Crippen LogP contribution is -2.65. The van der Waals surface area contributed by atoms with E-state index in [4.69, 9.17) is 17.0 Å². The molecular formula is C15H22N2O2S. The molecule has 0 aliphatic carbocycles. The van der Waals surface area contributed by atoms with Crippen LogP contribution in [0.3, 0.4) is 0 Å². The summed E-state index contributed by atoms with van der Waals surface area (Å²) in [5, 5.41) is 14.5. The fourth-order valence-electron chi connectivity index (χ4n) is 2.71. The van der Waals surface area contributed by atoms with Gasteiger partial charge in [-0.15, -0.1) is 0 Å². The van der Waals surface area contributed by atoms with Crippen LogP contribution in [0, 0.1) is 0 Å². The molecule has 1 atom stereocenters. The molecule has 1 aliphatic heterocycles. The Labute approximate surface area is 125 Å². The molecule has 1 aromatic rings. The molecule has 4 nitrogen and oxygen atoms in total. The third kappa shape index (κ3) is 3.22. The Kier molecular flexibility index (Phi) is 3.93. The number of nitrogens with zero attached hydrogens (tertiary/aromatic N) is 1. The van der Waals surface area contributed by atoms with Gasteiger partial charge in [-0.1, -0.05) is 12.1 Å². The first-order valence-corrected chi connectivity index (χ1v) is 7.09.